The Kier molecular flexibility index (Phi) is 3.31. The first-order chi connectivity index (χ1) is 9.20. The molecule has 0 radical (unpaired) electrons. The summed E-state index contributed by atoms with van der Waals surface area (Å²) in [5.41, 5.74) is 3.16. The van der Waals surface area contributed by atoms with Crippen molar-refractivity contribution in [2.75, 3.05) is 31.5 Å². The zero-order valence-electron chi connectivity index (χ0n) is 11.6. The number of ketones is 1. The van der Waals surface area contributed by atoms with Crippen molar-refractivity contribution in [2.24, 2.45) is 0 Å². The number of hydrogen-bond donors (Lipinski definition) is 1. The van der Waals surface area contributed by atoms with E-state index in [1.54, 1.807) is 6.92 Å². The Morgan fingerprint density at radius 2 is 2.05 bits per heavy atom. The van der Waals surface area contributed by atoms with E-state index in [0.717, 1.165) is 26.2 Å². The number of para-hydroxylation sites is 1. The minimum atomic E-state index is 0.299. The molecule has 2 heterocycles. The average molecular weight is 258 g/mol. The average Bonchev–Trinajstić information content (AvgIpc) is 2.78. The van der Waals surface area contributed by atoms with Gasteiger partial charge < -0.3 is 10.2 Å². The lowest BCUT2D eigenvalue weighted by Gasteiger charge is -2.39. The van der Waals surface area contributed by atoms with Gasteiger partial charge in [0.2, 0.25) is 0 Å². The SMILES string of the molecule is CC(=O)CCN1CCC2(CC1)CNc1ccccc12. The summed E-state index contributed by atoms with van der Waals surface area (Å²) < 4.78 is 0. The van der Waals surface area contributed by atoms with Crippen molar-refractivity contribution in [1.82, 2.24) is 4.90 Å². The third-order valence-electron chi connectivity index (χ3n) is 4.71. The standard InChI is InChI=1S/C16H22N2O/c1-13(19)6-9-18-10-7-16(8-11-18)12-17-15-5-3-2-4-14(15)16/h2-5,17H,6-12H2,1H3. The highest BCUT2D eigenvalue weighted by atomic mass is 16.1. The maximum atomic E-state index is 11.1. The van der Waals surface area contributed by atoms with E-state index in [9.17, 15) is 4.79 Å². The van der Waals surface area contributed by atoms with Gasteiger partial charge >= 0.3 is 0 Å². The summed E-state index contributed by atoms with van der Waals surface area (Å²) in [6, 6.07) is 8.72. The number of rotatable bonds is 3. The summed E-state index contributed by atoms with van der Waals surface area (Å²) >= 11 is 0. The van der Waals surface area contributed by atoms with Gasteiger partial charge in [0, 0.05) is 30.6 Å². The van der Waals surface area contributed by atoms with E-state index in [2.05, 4.69) is 34.5 Å². The molecule has 0 saturated carbocycles. The Morgan fingerprint density at radius 1 is 1.32 bits per heavy atom. The van der Waals surface area contributed by atoms with E-state index in [4.69, 9.17) is 0 Å². The van der Waals surface area contributed by atoms with Crippen molar-refractivity contribution in [2.45, 2.75) is 31.6 Å². The Bertz CT molecular complexity index is 475. The largest absolute Gasteiger partial charge is 0.384 e. The number of carbonyl (C=O) groups is 1. The molecular weight excluding hydrogens is 236 g/mol. The second kappa shape index (κ2) is 4.97. The molecule has 0 aromatic heterocycles. The molecular formula is C16H22N2O. The van der Waals surface area contributed by atoms with Crippen LogP contribution in [0.25, 0.3) is 0 Å². The molecule has 0 atom stereocenters. The molecule has 19 heavy (non-hydrogen) atoms. The number of fused-ring (bicyclic) bond motifs is 2. The molecule has 0 aliphatic carbocycles. The van der Waals surface area contributed by atoms with Crippen LogP contribution in [-0.4, -0.2) is 36.9 Å². The van der Waals surface area contributed by atoms with Gasteiger partial charge in [-0.05, 0) is 44.5 Å². The Labute approximate surface area is 115 Å². The lowest BCUT2D eigenvalue weighted by Crippen LogP contribution is -2.44. The monoisotopic (exact) mass is 258 g/mol. The van der Waals surface area contributed by atoms with Crippen LogP contribution in [-0.2, 0) is 10.2 Å². The predicted octanol–water partition coefficient (Wildman–Crippen LogP) is 2.42. The highest BCUT2D eigenvalue weighted by Gasteiger charge is 2.40. The van der Waals surface area contributed by atoms with Crippen molar-refractivity contribution >= 4 is 11.5 Å². The zero-order chi connectivity index (χ0) is 13.3. The fraction of sp³-hybridized carbons (Fsp3) is 0.562. The topological polar surface area (TPSA) is 32.3 Å². The van der Waals surface area contributed by atoms with Crippen LogP contribution in [0.2, 0.25) is 0 Å². The number of carbonyl (C=O) groups excluding carboxylic acids is 1. The number of hydrogen-bond acceptors (Lipinski definition) is 3. The van der Waals surface area contributed by atoms with E-state index in [0.29, 0.717) is 17.6 Å². The van der Waals surface area contributed by atoms with Crippen molar-refractivity contribution in [3.05, 3.63) is 29.8 Å². The van der Waals surface area contributed by atoms with E-state index in [-0.39, 0.29) is 0 Å². The molecule has 1 fully saturated rings. The van der Waals surface area contributed by atoms with Crippen LogP contribution >= 0.6 is 0 Å². The molecule has 3 heteroatoms. The van der Waals surface area contributed by atoms with Gasteiger partial charge in [-0.15, -0.1) is 0 Å². The summed E-state index contributed by atoms with van der Waals surface area (Å²) in [7, 11) is 0. The van der Waals surface area contributed by atoms with Gasteiger partial charge in [-0.2, -0.15) is 0 Å². The molecule has 102 valence electrons. The maximum absolute atomic E-state index is 11.1. The van der Waals surface area contributed by atoms with Crippen molar-refractivity contribution in [3.63, 3.8) is 0 Å². The molecule has 1 aromatic rings. The van der Waals surface area contributed by atoms with Crippen LogP contribution in [0.5, 0.6) is 0 Å². The van der Waals surface area contributed by atoms with Crippen LogP contribution < -0.4 is 5.32 Å². The highest BCUT2D eigenvalue weighted by Crippen LogP contribution is 2.43. The molecule has 0 bridgehead atoms. The fourth-order valence-corrected chi connectivity index (χ4v) is 3.43. The number of nitrogens with one attached hydrogen (secondary N) is 1. The molecule has 1 aromatic carbocycles. The third-order valence-corrected chi connectivity index (χ3v) is 4.71. The third kappa shape index (κ3) is 2.39. The summed E-state index contributed by atoms with van der Waals surface area (Å²) in [6.45, 7) is 5.92. The van der Waals surface area contributed by atoms with Gasteiger partial charge in [0.15, 0.2) is 0 Å². The quantitative estimate of drug-likeness (QED) is 0.903. The minimum absolute atomic E-state index is 0.299. The molecule has 2 aliphatic heterocycles. The second-order valence-electron chi connectivity index (χ2n) is 5.97. The molecule has 2 aliphatic rings. The lowest BCUT2D eigenvalue weighted by atomic mass is 9.74. The number of benzene rings is 1. The lowest BCUT2D eigenvalue weighted by molar-refractivity contribution is -0.117. The van der Waals surface area contributed by atoms with Crippen molar-refractivity contribution in [3.8, 4) is 0 Å². The van der Waals surface area contributed by atoms with Gasteiger partial charge in [-0.3, -0.25) is 4.79 Å². The first-order valence-corrected chi connectivity index (χ1v) is 7.25. The van der Waals surface area contributed by atoms with Gasteiger partial charge in [0.1, 0.15) is 5.78 Å². The highest BCUT2D eigenvalue weighted by molar-refractivity contribution is 5.75. The Hall–Kier alpha value is -1.35. The zero-order valence-corrected chi connectivity index (χ0v) is 11.6. The van der Waals surface area contributed by atoms with Gasteiger partial charge in [0.05, 0.1) is 0 Å². The molecule has 1 saturated heterocycles. The van der Waals surface area contributed by atoms with Crippen LogP contribution in [0.3, 0.4) is 0 Å². The van der Waals surface area contributed by atoms with E-state index < -0.39 is 0 Å². The van der Waals surface area contributed by atoms with Gasteiger partial charge in [0.25, 0.3) is 0 Å². The van der Waals surface area contributed by atoms with Crippen LogP contribution in [0.1, 0.15) is 31.7 Å². The number of likely N-dealkylation sites (tertiary alicyclic amines) is 1. The normalized spacial score (nSPS) is 21.1. The predicted molar refractivity (Wildman–Crippen MR) is 77.6 cm³/mol. The number of anilines is 1. The van der Waals surface area contributed by atoms with Crippen molar-refractivity contribution in [1.29, 1.82) is 0 Å². The minimum Gasteiger partial charge on any atom is -0.384 e. The summed E-state index contributed by atoms with van der Waals surface area (Å²) in [5.74, 6) is 0.299. The Balaban J connectivity index is 1.66. The van der Waals surface area contributed by atoms with E-state index >= 15 is 0 Å². The fourth-order valence-electron chi connectivity index (χ4n) is 3.43. The molecule has 0 unspecified atom stereocenters. The summed E-state index contributed by atoms with van der Waals surface area (Å²) in [4.78, 5) is 13.5. The van der Waals surface area contributed by atoms with E-state index in [1.807, 2.05) is 0 Å². The van der Waals surface area contributed by atoms with Gasteiger partial charge in [-0.1, -0.05) is 18.2 Å². The first kappa shape index (κ1) is 12.7. The smallest absolute Gasteiger partial charge is 0.131 e. The Morgan fingerprint density at radius 3 is 2.79 bits per heavy atom. The maximum Gasteiger partial charge on any atom is 0.131 e. The summed E-state index contributed by atoms with van der Waals surface area (Å²) in [5, 5.41) is 3.55. The number of nitrogens with zero attached hydrogens (tertiary/aromatic N) is 1. The molecule has 1 N–H and O–H groups in total. The van der Waals surface area contributed by atoms with E-state index in [1.165, 1.54) is 24.1 Å². The summed E-state index contributed by atoms with van der Waals surface area (Å²) in [6.07, 6.45) is 3.10. The molecule has 3 rings (SSSR count). The van der Waals surface area contributed by atoms with Crippen molar-refractivity contribution < 1.29 is 4.79 Å². The number of Topliss-reactive ketones (excluding diaryl/α,β-unsaturated/α-hetero) is 1. The molecule has 0 amide bonds. The second-order valence-corrected chi connectivity index (χ2v) is 5.97. The van der Waals surface area contributed by atoms with Gasteiger partial charge in [-0.25, -0.2) is 0 Å². The van der Waals surface area contributed by atoms with Crippen LogP contribution in [0, 0.1) is 0 Å². The molecule has 3 nitrogen and oxygen atoms in total. The first-order valence-electron chi connectivity index (χ1n) is 7.25. The van der Waals surface area contributed by atoms with Crippen LogP contribution in [0.4, 0.5) is 5.69 Å². The molecule has 1 spiro atoms. The number of piperidine rings is 1. The van der Waals surface area contributed by atoms with Crippen LogP contribution in [0.15, 0.2) is 24.3 Å².